The number of aliphatic hydroxyl groups excluding tert-OH is 1. The molecule has 0 heterocycles. The number of hydrogen-bond acceptors (Lipinski definition) is 1. The standard InChI is InChI=1S/C21H36O.C2H6/c1-20-12-4-3-5-15(20)6-8-17-18-9-7-16(11-14-22)21(18,2)13-10-19(17)20;1-2/h15-19,22H,3-14H2,1-2H3;1-2H3. The van der Waals surface area contributed by atoms with Crippen LogP contribution in [0.2, 0.25) is 0 Å². The van der Waals surface area contributed by atoms with Crippen molar-refractivity contribution in [2.24, 2.45) is 40.4 Å². The molecule has 0 radical (unpaired) electrons. The zero-order valence-electron chi connectivity index (χ0n) is 16.8. The monoisotopic (exact) mass is 334 g/mol. The van der Waals surface area contributed by atoms with Gasteiger partial charge in [0.1, 0.15) is 0 Å². The van der Waals surface area contributed by atoms with Crippen LogP contribution in [-0.2, 0) is 0 Å². The van der Waals surface area contributed by atoms with Gasteiger partial charge in [-0.25, -0.2) is 0 Å². The second kappa shape index (κ2) is 7.29. The van der Waals surface area contributed by atoms with Crippen molar-refractivity contribution < 1.29 is 5.11 Å². The lowest BCUT2D eigenvalue weighted by atomic mass is 9.45. The molecule has 1 N–H and O–H groups in total. The Kier molecular flexibility index (Phi) is 5.70. The Balaban J connectivity index is 0.000000815. The zero-order valence-corrected chi connectivity index (χ0v) is 16.8. The minimum absolute atomic E-state index is 0.404. The molecule has 0 saturated heterocycles. The van der Waals surface area contributed by atoms with Gasteiger partial charge in [-0.1, -0.05) is 40.5 Å². The van der Waals surface area contributed by atoms with E-state index in [1.54, 1.807) is 0 Å². The largest absolute Gasteiger partial charge is 0.396 e. The Morgan fingerprint density at radius 1 is 0.792 bits per heavy atom. The first kappa shape index (κ1) is 18.7. The van der Waals surface area contributed by atoms with E-state index in [1.165, 1.54) is 64.2 Å². The van der Waals surface area contributed by atoms with E-state index in [0.717, 1.165) is 36.0 Å². The van der Waals surface area contributed by atoms with Crippen molar-refractivity contribution in [3.63, 3.8) is 0 Å². The minimum Gasteiger partial charge on any atom is -0.396 e. The Bertz CT molecular complexity index is 418. The van der Waals surface area contributed by atoms with Gasteiger partial charge in [-0.2, -0.15) is 0 Å². The topological polar surface area (TPSA) is 20.2 Å². The van der Waals surface area contributed by atoms with Crippen LogP contribution in [-0.4, -0.2) is 11.7 Å². The van der Waals surface area contributed by atoms with E-state index in [-0.39, 0.29) is 0 Å². The highest BCUT2D eigenvalue weighted by Crippen LogP contribution is 2.67. The van der Waals surface area contributed by atoms with E-state index in [0.29, 0.717) is 17.4 Å². The van der Waals surface area contributed by atoms with E-state index >= 15 is 0 Å². The van der Waals surface area contributed by atoms with E-state index < -0.39 is 0 Å². The van der Waals surface area contributed by atoms with Crippen molar-refractivity contribution in [3.05, 3.63) is 0 Å². The summed E-state index contributed by atoms with van der Waals surface area (Å²) in [5.41, 5.74) is 1.24. The van der Waals surface area contributed by atoms with Crippen LogP contribution in [0.15, 0.2) is 0 Å². The van der Waals surface area contributed by atoms with Crippen LogP contribution in [0.4, 0.5) is 0 Å². The lowest BCUT2D eigenvalue weighted by Gasteiger charge is -2.60. The number of aliphatic hydroxyl groups is 1. The Labute approximate surface area is 151 Å². The van der Waals surface area contributed by atoms with Crippen LogP contribution < -0.4 is 0 Å². The van der Waals surface area contributed by atoms with Crippen molar-refractivity contribution >= 4 is 0 Å². The van der Waals surface area contributed by atoms with Crippen LogP contribution in [0, 0.1) is 40.4 Å². The van der Waals surface area contributed by atoms with E-state index in [4.69, 9.17) is 0 Å². The maximum Gasteiger partial charge on any atom is 0.0433 e. The molecule has 140 valence electrons. The van der Waals surface area contributed by atoms with Crippen LogP contribution in [0.5, 0.6) is 0 Å². The van der Waals surface area contributed by atoms with Crippen molar-refractivity contribution in [1.29, 1.82) is 0 Å². The van der Waals surface area contributed by atoms with Crippen molar-refractivity contribution in [2.45, 2.75) is 98.3 Å². The normalized spacial score (nSPS) is 50.1. The fourth-order valence-corrected chi connectivity index (χ4v) is 8.03. The third kappa shape index (κ3) is 2.78. The molecule has 0 spiro atoms. The SMILES string of the molecule is CC.CC12CCCCC1CCC1C2CCC2(C)C(CCO)CCC12. The van der Waals surface area contributed by atoms with Crippen LogP contribution >= 0.6 is 0 Å². The molecular formula is C23H42O. The molecule has 0 aliphatic heterocycles. The molecule has 0 aromatic heterocycles. The predicted octanol–water partition coefficient (Wildman–Crippen LogP) is 6.44. The lowest BCUT2D eigenvalue weighted by molar-refractivity contribution is -0.111. The van der Waals surface area contributed by atoms with Gasteiger partial charge < -0.3 is 5.11 Å². The highest BCUT2D eigenvalue weighted by Gasteiger charge is 2.59. The molecule has 0 aromatic carbocycles. The van der Waals surface area contributed by atoms with Crippen molar-refractivity contribution in [3.8, 4) is 0 Å². The maximum atomic E-state index is 9.46. The summed E-state index contributed by atoms with van der Waals surface area (Å²) < 4.78 is 0. The van der Waals surface area contributed by atoms with Crippen LogP contribution in [0.1, 0.15) is 98.3 Å². The number of hydrogen-bond donors (Lipinski definition) is 1. The second-order valence-corrected chi connectivity index (χ2v) is 9.73. The molecule has 0 aromatic rings. The van der Waals surface area contributed by atoms with Crippen LogP contribution in [0.25, 0.3) is 0 Å². The summed E-state index contributed by atoms with van der Waals surface area (Å²) in [5, 5.41) is 9.46. The molecule has 0 bridgehead atoms. The third-order valence-corrected chi connectivity index (χ3v) is 9.26. The smallest absolute Gasteiger partial charge is 0.0433 e. The van der Waals surface area contributed by atoms with Gasteiger partial charge in [0, 0.05) is 6.61 Å². The molecule has 4 rings (SSSR count). The molecule has 24 heavy (non-hydrogen) atoms. The molecule has 1 nitrogen and oxygen atoms in total. The summed E-state index contributed by atoms with van der Waals surface area (Å²) in [6.07, 6.45) is 15.9. The van der Waals surface area contributed by atoms with E-state index in [1.807, 2.05) is 13.8 Å². The Hall–Kier alpha value is -0.0400. The van der Waals surface area contributed by atoms with E-state index in [2.05, 4.69) is 13.8 Å². The summed E-state index contributed by atoms with van der Waals surface area (Å²) in [6.45, 7) is 9.67. The van der Waals surface area contributed by atoms with Gasteiger partial charge in [0.25, 0.3) is 0 Å². The number of rotatable bonds is 2. The molecule has 7 unspecified atom stereocenters. The molecular weight excluding hydrogens is 292 g/mol. The Morgan fingerprint density at radius 3 is 2.29 bits per heavy atom. The zero-order chi connectivity index (χ0) is 17.4. The highest BCUT2D eigenvalue weighted by atomic mass is 16.3. The molecule has 4 aliphatic rings. The fourth-order valence-electron chi connectivity index (χ4n) is 8.03. The maximum absolute atomic E-state index is 9.46. The molecule has 4 fully saturated rings. The molecule has 7 atom stereocenters. The van der Waals surface area contributed by atoms with Gasteiger partial charge in [-0.3, -0.25) is 0 Å². The average molecular weight is 335 g/mol. The summed E-state index contributed by atoms with van der Waals surface area (Å²) in [4.78, 5) is 0. The first-order valence-electron chi connectivity index (χ1n) is 11.2. The van der Waals surface area contributed by atoms with Gasteiger partial charge in [0.05, 0.1) is 0 Å². The Morgan fingerprint density at radius 2 is 1.54 bits per heavy atom. The summed E-state index contributed by atoms with van der Waals surface area (Å²) in [6, 6.07) is 0. The summed E-state index contributed by atoms with van der Waals surface area (Å²) in [7, 11) is 0. The lowest BCUT2D eigenvalue weighted by Crippen LogP contribution is -2.52. The average Bonchev–Trinajstić information content (AvgIpc) is 2.93. The predicted molar refractivity (Wildman–Crippen MR) is 103 cm³/mol. The molecule has 0 amide bonds. The third-order valence-electron chi connectivity index (χ3n) is 9.26. The fraction of sp³-hybridized carbons (Fsp3) is 1.00. The van der Waals surface area contributed by atoms with Crippen LogP contribution in [0.3, 0.4) is 0 Å². The first-order valence-corrected chi connectivity index (χ1v) is 11.2. The summed E-state index contributed by atoms with van der Waals surface area (Å²) in [5.74, 6) is 4.86. The summed E-state index contributed by atoms with van der Waals surface area (Å²) >= 11 is 0. The quantitative estimate of drug-likeness (QED) is 0.615. The number of fused-ring (bicyclic) bond motifs is 5. The van der Waals surface area contributed by atoms with Gasteiger partial charge in [-0.05, 0) is 98.2 Å². The molecule has 1 heteroatoms. The van der Waals surface area contributed by atoms with Gasteiger partial charge in [0.2, 0.25) is 0 Å². The first-order chi connectivity index (χ1) is 11.6. The van der Waals surface area contributed by atoms with Crippen molar-refractivity contribution in [1.82, 2.24) is 0 Å². The second-order valence-electron chi connectivity index (χ2n) is 9.73. The van der Waals surface area contributed by atoms with Gasteiger partial charge in [0.15, 0.2) is 0 Å². The minimum atomic E-state index is 0.404. The molecule has 4 aliphatic carbocycles. The highest BCUT2D eigenvalue weighted by molar-refractivity contribution is 5.08. The van der Waals surface area contributed by atoms with Gasteiger partial charge >= 0.3 is 0 Å². The van der Waals surface area contributed by atoms with Gasteiger partial charge in [-0.15, -0.1) is 0 Å². The molecule has 4 saturated carbocycles. The van der Waals surface area contributed by atoms with E-state index in [9.17, 15) is 5.11 Å². The van der Waals surface area contributed by atoms with Crippen molar-refractivity contribution in [2.75, 3.05) is 6.61 Å².